The minimum atomic E-state index is -0.267. The van der Waals surface area contributed by atoms with Crippen LogP contribution >= 0.6 is 0 Å². The number of methoxy groups -OCH3 is 1. The highest BCUT2D eigenvalue weighted by molar-refractivity contribution is 5.90. The van der Waals surface area contributed by atoms with Gasteiger partial charge in [0.05, 0.1) is 12.2 Å². The summed E-state index contributed by atoms with van der Waals surface area (Å²) in [6.07, 6.45) is 1.56. The zero-order chi connectivity index (χ0) is 16.0. The summed E-state index contributed by atoms with van der Waals surface area (Å²) in [7, 11) is 1.62. The lowest BCUT2D eigenvalue weighted by molar-refractivity contribution is -0.0351. The van der Waals surface area contributed by atoms with E-state index in [9.17, 15) is 4.79 Å². The molecule has 0 fully saturated rings. The van der Waals surface area contributed by atoms with Gasteiger partial charge in [-0.3, -0.25) is 0 Å². The minimum absolute atomic E-state index is 0.151. The third-order valence-electron chi connectivity index (χ3n) is 3.64. The monoisotopic (exact) mass is 292 g/mol. The summed E-state index contributed by atoms with van der Waals surface area (Å²) >= 11 is 0. The molecule has 3 heteroatoms. The van der Waals surface area contributed by atoms with Crippen molar-refractivity contribution in [1.29, 1.82) is 0 Å². The van der Waals surface area contributed by atoms with E-state index in [4.69, 9.17) is 9.47 Å². The first kappa shape index (κ1) is 17.7. The molecule has 0 amide bonds. The van der Waals surface area contributed by atoms with Gasteiger partial charge in [-0.1, -0.05) is 40.7 Å². The Morgan fingerprint density at radius 2 is 1.62 bits per heavy atom. The number of carbonyl (C=O) groups excluding carboxylic acids is 1. The van der Waals surface area contributed by atoms with E-state index in [1.165, 1.54) is 11.1 Å². The van der Waals surface area contributed by atoms with Crippen LogP contribution in [0.3, 0.4) is 0 Å². The van der Waals surface area contributed by atoms with E-state index in [0.717, 1.165) is 12.8 Å². The molecule has 0 aliphatic rings. The summed E-state index contributed by atoms with van der Waals surface area (Å²) in [5.74, 6) is -0.267. The molecule has 1 unspecified atom stereocenters. The van der Waals surface area contributed by atoms with Crippen LogP contribution in [-0.2, 0) is 22.3 Å². The highest BCUT2D eigenvalue weighted by Gasteiger charge is 2.28. The molecule has 0 aliphatic heterocycles. The number of hydrogen-bond donors (Lipinski definition) is 0. The highest BCUT2D eigenvalue weighted by atomic mass is 16.6. The molecule has 0 aliphatic carbocycles. The Labute approximate surface area is 128 Å². The summed E-state index contributed by atoms with van der Waals surface area (Å²) in [6.45, 7) is 10.7. The van der Waals surface area contributed by atoms with Crippen molar-refractivity contribution in [1.82, 2.24) is 0 Å². The maximum atomic E-state index is 12.4. The Kier molecular flexibility index (Phi) is 6.41. The fourth-order valence-corrected chi connectivity index (χ4v) is 2.10. The first-order chi connectivity index (χ1) is 9.81. The van der Waals surface area contributed by atoms with Crippen molar-refractivity contribution in [2.45, 2.75) is 53.6 Å². The number of hydrogen-bond acceptors (Lipinski definition) is 3. The Balaban J connectivity index is 2.96. The lowest BCUT2D eigenvalue weighted by atomic mass is 9.89. The zero-order valence-corrected chi connectivity index (χ0v) is 14.2. The Bertz CT molecular complexity index is 450. The summed E-state index contributed by atoms with van der Waals surface area (Å²) in [5, 5.41) is 0. The van der Waals surface area contributed by atoms with Crippen LogP contribution in [0.15, 0.2) is 18.2 Å². The molecule has 1 rings (SSSR count). The maximum absolute atomic E-state index is 12.4. The van der Waals surface area contributed by atoms with E-state index in [-0.39, 0.29) is 17.5 Å². The van der Waals surface area contributed by atoms with Gasteiger partial charge in [0.25, 0.3) is 0 Å². The van der Waals surface area contributed by atoms with E-state index in [2.05, 4.69) is 19.9 Å². The van der Waals surface area contributed by atoms with Gasteiger partial charge < -0.3 is 9.47 Å². The highest BCUT2D eigenvalue weighted by Crippen LogP contribution is 2.24. The van der Waals surface area contributed by atoms with Crippen molar-refractivity contribution in [2.24, 2.45) is 5.41 Å². The van der Waals surface area contributed by atoms with Gasteiger partial charge in [-0.25, -0.2) is 4.79 Å². The second kappa shape index (κ2) is 7.60. The van der Waals surface area contributed by atoms with Crippen molar-refractivity contribution >= 4 is 5.97 Å². The fourth-order valence-electron chi connectivity index (χ4n) is 2.10. The van der Waals surface area contributed by atoms with Crippen LogP contribution in [-0.4, -0.2) is 25.8 Å². The molecule has 0 N–H and O–H groups in total. The third kappa shape index (κ3) is 5.16. The molecule has 21 heavy (non-hydrogen) atoms. The fraction of sp³-hybridized carbons (Fsp3) is 0.611. The number of benzene rings is 1. The van der Waals surface area contributed by atoms with Crippen molar-refractivity contribution in [3.63, 3.8) is 0 Å². The Hall–Kier alpha value is -1.35. The van der Waals surface area contributed by atoms with Crippen molar-refractivity contribution in [3.05, 3.63) is 34.9 Å². The molecular weight excluding hydrogens is 264 g/mol. The third-order valence-corrected chi connectivity index (χ3v) is 3.64. The summed E-state index contributed by atoms with van der Waals surface area (Å²) in [5.41, 5.74) is 2.82. The molecule has 1 atom stereocenters. The molecule has 0 radical (unpaired) electrons. The van der Waals surface area contributed by atoms with Crippen LogP contribution in [0.4, 0.5) is 0 Å². The van der Waals surface area contributed by atoms with Gasteiger partial charge in [-0.05, 0) is 36.1 Å². The summed E-state index contributed by atoms with van der Waals surface area (Å²) in [6, 6.07) is 6.00. The standard InChI is InChI=1S/C18H28O3/c1-7-13-9-14(8-2)11-15(10-13)17(19)21-16(12-20-6)18(3,4)5/h9-11,16H,7-8,12H2,1-6H3. The van der Waals surface area contributed by atoms with Crippen LogP contribution in [0, 0.1) is 5.41 Å². The van der Waals surface area contributed by atoms with Crippen LogP contribution in [0.1, 0.15) is 56.1 Å². The van der Waals surface area contributed by atoms with Gasteiger partial charge in [0.2, 0.25) is 0 Å². The molecule has 0 bridgehead atoms. The maximum Gasteiger partial charge on any atom is 0.338 e. The normalized spacial score (nSPS) is 13.0. The van der Waals surface area contributed by atoms with Gasteiger partial charge in [0.15, 0.2) is 0 Å². The van der Waals surface area contributed by atoms with E-state index >= 15 is 0 Å². The van der Waals surface area contributed by atoms with Gasteiger partial charge in [-0.2, -0.15) is 0 Å². The smallest absolute Gasteiger partial charge is 0.338 e. The molecule has 3 nitrogen and oxygen atoms in total. The summed E-state index contributed by atoms with van der Waals surface area (Å²) < 4.78 is 10.9. The molecule has 0 heterocycles. The van der Waals surface area contributed by atoms with Crippen molar-refractivity contribution < 1.29 is 14.3 Å². The molecule has 0 aromatic heterocycles. The summed E-state index contributed by atoms with van der Waals surface area (Å²) in [4.78, 5) is 12.4. The van der Waals surface area contributed by atoms with Gasteiger partial charge in [0.1, 0.15) is 6.10 Å². The topological polar surface area (TPSA) is 35.5 Å². The number of ether oxygens (including phenoxy) is 2. The quantitative estimate of drug-likeness (QED) is 0.743. The first-order valence-electron chi connectivity index (χ1n) is 7.64. The number of rotatable bonds is 6. The van der Waals surface area contributed by atoms with E-state index in [0.29, 0.717) is 12.2 Å². The lowest BCUT2D eigenvalue weighted by Gasteiger charge is -2.29. The van der Waals surface area contributed by atoms with E-state index in [1.807, 2.05) is 32.9 Å². The molecule has 0 saturated heterocycles. The van der Waals surface area contributed by atoms with Gasteiger partial charge in [0, 0.05) is 12.5 Å². The molecule has 0 saturated carbocycles. The number of esters is 1. The molecule has 0 spiro atoms. The average Bonchev–Trinajstić information content (AvgIpc) is 2.45. The first-order valence-corrected chi connectivity index (χ1v) is 7.64. The van der Waals surface area contributed by atoms with Gasteiger partial charge in [-0.15, -0.1) is 0 Å². The van der Waals surface area contributed by atoms with Crippen LogP contribution in [0.5, 0.6) is 0 Å². The Morgan fingerprint density at radius 3 is 2.00 bits per heavy atom. The lowest BCUT2D eigenvalue weighted by Crippen LogP contribution is -2.35. The predicted octanol–water partition coefficient (Wildman–Crippen LogP) is 4.03. The minimum Gasteiger partial charge on any atom is -0.456 e. The zero-order valence-electron chi connectivity index (χ0n) is 14.2. The molecule has 1 aromatic rings. The average molecular weight is 292 g/mol. The molecule has 1 aromatic carbocycles. The predicted molar refractivity (Wildman–Crippen MR) is 85.7 cm³/mol. The van der Waals surface area contributed by atoms with Crippen LogP contribution in [0.2, 0.25) is 0 Å². The molecule has 118 valence electrons. The second-order valence-electron chi connectivity index (χ2n) is 6.46. The van der Waals surface area contributed by atoms with E-state index in [1.54, 1.807) is 7.11 Å². The molecular formula is C18H28O3. The number of carbonyl (C=O) groups is 1. The van der Waals surface area contributed by atoms with E-state index < -0.39 is 0 Å². The van der Waals surface area contributed by atoms with Crippen molar-refractivity contribution in [2.75, 3.05) is 13.7 Å². The second-order valence-corrected chi connectivity index (χ2v) is 6.46. The SMILES string of the molecule is CCc1cc(CC)cc(C(=O)OC(COC)C(C)(C)C)c1. The van der Waals surface area contributed by atoms with Crippen LogP contribution in [0.25, 0.3) is 0 Å². The van der Waals surface area contributed by atoms with Crippen LogP contribution < -0.4 is 0 Å². The van der Waals surface area contributed by atoms with Crippen molar-refractivity contribution in [3.8, 4) is 0 Å². The van der Waals surface area contributed by atoms with Gasteiger partial charge >= 0.3 is 5.97 Å². The largest absolute Gasteiger partial charge is 0.456 e. The number of aryl methyl sites for hydroxylation is 2. The Morgan fingerprint density at radius 1 is 1.10 bits per heavy atom.